The topological polar surface area (TPSA) is 64.7 Å². The molecule has 4 nitrogen and oxygen atoms in total. The molecular formula is C9H7ClN4. The van der Waals surface area contributed by atoms with Gasteiger partial charge >= 0.3 is 0 Å². The quantitative estimate of drug-likeness (QED) is 0.773. The SMILES string of the molecule is Nc1nccc(-c2cnccc2Cl)n1. The van der Waals surface area contributed by atoms with Crippen LogP contribution in [-0.2, 0) is 0 Å². The molecule has 0 aromatic carbocycles. The van der Waals surface area contributed by atoms with Gasteiger partial charge in [0.15, 0.2) is 0 Å². The number of nitrogen functional groups attached to an aromatic ring is 1. The Morgan fingerprint density at radius 3 is 2.79 bits per heavy atom. The summed E-state index contributed by atoms with van der Waals surface area (Å²) < 4.78 is 0. The summed E-state index contributed by atoms with van der Waals surface area (Å²) >= 11 is 5.97. The van der Waals surface area contributed by atoms with Crippen molar-refractivity contribution < 1.29 is 0 Å². The summed E-state index contributed by atoms with van der Waals surface area (Å²) in [6, 6.07) is 3.44. The van der Waals surface area contributed by atoms with Crippen molar-refractivity contribution in [2.24, 2.45) is 0 Å². The Kier molecular flexibility index (Phi) is 2.28. The fourth-order valence-corrected chi connectivity index (χ4v) is 1.29. The number of nitrogens with two attached hydrogens (primary N) is 1. The number of rotatable bonds is 1. The van der Waals surface area contributed by atoms with Crippen LogP contribution in [0.1, 0.15) is 0 Å². The lowest BCUT2D eigenvalue weighted by Gasteiger charge is -2.02. The first-order valence-electron chi connectivity index (χ1n) is 3.96. The standard InChI is InChI=1S/C9H7ClN4/c10-7-1-3-12-5-6(7)8-2-4-13-9(11)14-8/h1-5H,(H2,11,13,14). The molecule has 0 spiro atoms. The minimum atomic E-state index is 0.224. The van der Waals surface area contributed by atoms with Crippen LogP contribution in [0.4, 0.5) is 5.95 Å². The number of nitrogens with zero attached hydrogens (tertiary/aromatic N) is 3. The number of aromatic nitrogens is 3. The second-order valence-corrected chi connectivity index (χ2v) is 3.06. The average molecular weight is 207 g/mol. The van der Waals surface area contributed by atoms with Gasteiger partial charge in [-0.25, -0.2) is 9.97 Å². The summed E-state index contributed by atoms with van der Waals surface area (Å²) in [7, 11) is 0. The van der Waals surface area contributed by atoms with Crippen LogP contribution in [0.3, 0.4) is 0 Å². The van der Waals surface area contributed by atoms with Crippen molar-refractivity contribution in [1.29, 1.82) is 0 Å². The number of pyridine rings is 1. The first kappa shape index (κ1) is 8.90. The average Bonchev–Trinajstić information content (AvgIpc) is 2.18. The highest BCUT2D eigenvalue weighted by Gasteiger charge is 2.04. The summed E-state index contributed by atoms with van der Waals surface area (Å²) in [5.74, 6) is 0.224. The molecule has 0 aliphatic heterocycles. The molecule has 14 heavy (non-hydrogen) atoms. The predicted octanol–water partition coefficient (Wildman–Crippen LogP) is 1.77. The highest BCUT2D eigenvalue weighted by molar-refractivity contribution is 6.33. The molecule has 2 rings (SSSR count). The highest BCUT2D eigenvalue weighted by Crippen LogP contribution is 2.24. The minimum Gasteiger partial charge on any atom is -0.368 e. The van der Waals surface area contributed by atoms with E-state index in [0.717, 1.165) is 5.56 Å². The third-order valence-corrected chi connectivity index (χ3v) is 2.05. The van der Waals surface area contributed by atoms with E-state index < -0.39 is 0 Å². The Morgan fingerprint density at radius 1 is 1.21 bits per heavy atom. The van der Waals surface area contributed by atoms with E-state index >= 15 is 0 Å². The van der Waals surface area contributed by atoms with Crippen molar-refractivity contribution in [3.63, 3.8) is 0 Å². The molecule has 2 N–H and O–H groups in total. The molecule has 2 heterocycles. The molecule has 5 heteroatoms. The third-order valence-electron chi connectivity index (χ3n) is 1.72. The molecular weight excluding hydrogens is 200 g/mol. The first-order chi connectivity index (χ1) is 6.77. The molecule has 0 aliphatic rings. The maximum absolute atomic E-state index is 5.97. The van der Waals surface area contributed by atoms with Crippen molar-refractivity contribution in [2.45, 2.75) is 0 Å². The largest absolute Gasteiger partial charge is 0.368 e. The van der Waals surface area contributed by atoms with E-state index in [1.807, 2.05) is 0 Å². The second-order valence-electron chi connectivity index (χ2n) is 2.66. The van der Waals surface area contributed by atoms with Gasteiger partial charge in [0.25, 0.3) is 0 Å². The molecule has 2 aromatic rings. The number of anilines is 1. The predicted molar refractivity (Wildman–Crippen MR) is 54.7 cm³/mol. The molecule has 0 fully saturated rings. The minimum absolute atomic E-state index is 0.224. The van der Waals surface area contributed by atoms with Crippen LogP contribution >= 0.6 is 11.6 Å². The molecule has 2 aromatic heterocycles. The Bertz CT molecular complexity index is 458. The maximum Gasteiger partial charge on any atom is 0.220 e. The van der Waals surface area contributed by atoms with Crippen LogP contribution in [0, 0.1) is 0 Å². The first-order valence-corrected chi connectivity index (χ1v) is 4.33. The van der Waals surface area contributed by atoms with Crippen molar-refractivity contribution in [1.82, 2.24) is 15.0 Å². The van der Waals surface area contributed by atoms with Gasteiger partial charge in [-0.15, -0.1) is 0 Å². The molecule has 0 aliphatic carbocycles. The molecule has 70 valence electrons. The second kappa shape index (κ2) is 3.59. The van der Waals surface area contributed by atoms with Crippen LogP contribution in [0.5, 0.6) is 0 Å². The fourth-order valence-electron chi connectivity index (χ4n) is 1.09. The van der Waals surface area contributed by atoms with Gasteiger partial charge in [-0.2, -0.15) is 0 Å². The number of hydrogen-bond acceptors (Lipinski definition) is 4. The lowest BCUT2D eigenvalue weighted by atomic mass is 10.2. The molecule has 0 saturated heterocycles. The molecule has 0 amide bonds. The van der Waals surface area contributed by atoms with E-state index in [2.05, 4.69) is 15.0 Å². The van der Waals surface area contributed by atoms with E-state index in [4.69, 9.17) is 17.3 Å². The fraction of sp³-hybridized carbons (Fsp3) is 0. The van der Waals surface area contributed by atoms with Gasteiger partial charge < -0.3 is 5.73 Å². The molecule has 0 saturated carbocycles. The van der Waals surface area contributed by atoms with Crippen molar-refractivity contribution in [3.8, 4) is 11.3 Å². The monoisotopic (exact) mass is 206 g/mol. The zero-order chi connectivity index (χ0) is 9.97. The number of halogens is 1. The normalized spacial score (nSPS) is 10.1. The van der Waals surface area contributed by atoms with E-state index in [1.165, 1.54) is 0 Å². The van der Waals surface area contributed by atoms with E-state index in [1.54, 1.807) is 30.7 Å². The summed E-state index contributed by atoms with van der Waals surface area (Å²) in [5, 5.41) is 0.595. The van der Waals surface area contributed by atoms with E-state index in [-0.39, 0.29) is 5.95 Å². The van der Waals surface area contributed by atoms with Crippen LogP contribution in [0.2, 0.25) is 5.02 Å². The molecule has 0 bridgehead atoms. The Balaban J connectivity index is 2.55. The van der Waals surface area contributed by atoms with E-state index in [0.29, 0.717) is 10.7 Å². The van der Waals surface area contributed by atoms with Gasteiger partial charge in [-0.1, -0.05) is 11.6 Å². The molecule has 0 atom stereocenters. The van der Waals surface area contributed by atoms with Crippen LogP contribution < -0.4 is 5.73 Å². The lowest BCUT2D eigenvalue weighted by molar-refractivity contribution is 1.18. The molecule has 0 radical (unpaired) electrons. The smallest absolute Gasteiger partial charge is 0.220 e. The molecule has 0 unspecified atom stereocenters. The third kappa shape index (κ3) is 1.65. The van der Waals surface area contributed by atoms with Gasteiger partial charge in [0, 0.05) is 24.2 Å². The van der Waals surface area contributed by atoms with Gasteiger partial charge in [-0.3, -0.25) is 4.98 Å². The summed E-state index contributed by atoms with van der Waals surface area (Å²) in [6.45, 7) is 0. The zero-order valence-corrected chi connectivity index (χ0v) is 7.94. The van der Waals surface area contributed by atoms with Gasteiger partial charge in [0.05, 0.1) is 10.7 Å². The maximum atomic E-state index is 5.97. The Labute approximate surface area is 85.8 Å². The lowest BCUT2D eigenvalue weighted by Crippen LogP contribution is -1.95. The Morgan fingerprint density at radius 2 is 2.07 bits per heavy atom. The van der Waals surface area contributed by atoms with Crippen LogP contribution in [-0.4, -0.2) is 15.0 Å². The van der Waals surface area contributed by atoms with Gasteiger partial charge in [-0.05, 0) is 12.1 Å². The highest BCUT2D eigenvalue weighted by atomic mass is 35.5. The number of hydrogen-bond donors (Lipinski definition) is 1. The van der Waals surface area contributed by atoms with Crippen LogP contribution in [0.15, 0.2) is 30.7 Å². The zero-order valence-electron chi connectivity index (χ0n) is 7.18. The van der Waals surface area contributed by atoms with Crippen molar-refractivity contribution >= 4 is 17.5 Å². The van der Waals surface area contributed by atoms with Gasteiger partial charge in [0.2, 0.25) is 5.95 Å². The Hall–Kier alpha value is -1.68. The summed E-state index contributed by atoms with van der Waals surface area (Å²) in [6.07, 6.45) is 4.85. The van der Waals surface area contributed by atoms with Crippen LogP contribution in [0.25, 0.3) is 11.3 Å². The van der Waals surface area contributed by atoms with Crippen molar-refractivity contribution in [3.05, 3.63) is 35.7 Å². The summed E-state index contributed by atoms with van der Waals surface area (Å²) in [4.78, 5) is 11.8. The van der Waals surface area contributed by atoms with Gasteiger partial charge in [0.1, 0.15) is 0 Å². The van der Waals surface area contributed by atoms with Crippen molar-refractivity contribution in [2.75, 3.05) is 5.73 Å². The van der Waals surface area contributed by atoms with E-state index in [9.17, 15) is 0 Å². The summed E-state index contributed by atoms with van der Waals surface area (Å²) in [5.41, 5.74) is 6.89.